The molecule has 2 aromatic carbocycles. The van der Waals surface area contributed by atoms with Gasteiger partial charge in [-0.3, -0.25) is 0 Å². The molecule has 0 aliphatic heterocycles. The number of esters is 1. The van der Waals surface area contributed by atoms with E-state index in [2.05, 4.69) is 10.3 Å². The molecule has 7 heteroatoms. The Balaban J connectivity index is 1.94. The first-order chi connectivity index (χ1) is 12.9. The number of carbonyl (C=O) groups excluding carboxylic acids is 1. The summed E-state index contributed by atoms with van der Waals surface area (Å²) < 4.78 is 10.1. The van der Waals surface area contributed by atoms with Gasteiger partial charge in [0.2, 0.25) is 0 Å². The van der Waals surface area contributed by atoms with E-state index in [0.717, 1.165) is 16.7 Å². The fourth-order valence-corrected chi connectivity index (χ4v) is 2.96. The zero-order valence-corrected chi connectivity index (χ0v) is 15.3. The van der Waals surface area contributed by atoms with Gasteiger partial charge >= 0.3 is 11.6 Å². The highest BCUT2D eigenvalue weighted by Gasteiger charge is 2.23. The van der Waals surface area contributed by atoms with E-state index in [4.69, 9.17) is 9.15 Å². The van der Waals surface area contributed by atoms with Crippen LogP contribution in [0.3, 0.4) is 0 Å². The van der Waals surface area contributed by atoms with E-state index in [9.17, 15) is 14.7 Å². The average molecular weight is 368 g/mol. The predicted octanol–water partition coefficient (Wildman–Crippen LogP) is 2.71. The van der Waals surface area contributed by atoms with Crippen LogP contribution in [0.1, 0.15) is 16.7 Å². The molecule has 0 unspecified atom stereocenters. The maximum absolute atomic E-state index is 12.3. The van der Waals surface area contributed by atoms with E-state index >= 15 is 0 Å². The van der Waals surface area contributed by atoms with Crippen molar-refractivity contribution in [1.82, 2.24) is 4.98 Å². The third-order valence-corrected chi connectivity index (χ3v) is 4.40. The molecule has 1 heterocycles. The van der Waals surface area contributed by atoms with Crippen molar-refractivity contribution in [2.75, 3.05) is 12.4 Å². The van der Waals surface area contributed by atoms with Gasteiger partial charge in [-0.25, -0.2) is 9.59 Å². The molecule has 0 fully saturated rings. The fraction of sp³-hybridized carbons (Fsp3) is 0.250. The molecular weight excluding hydrogens is 348 g/mol. The predicted molar refractivity (Wildman–Crippen MR) is 101 cm³/mol. The number of benzene rings is 2. The number of aromatic nitrogens is 1. The Bertz CT molecular complexity index is 1060. The van der Waals surface area contributed by atoms with Crippen LogP contribution < -0.4 is 10.9 Å². The van der Waals surface area contributed by atoms with Crippen LogP contribution in [0.5, 0.6) is 5.75 Å². The van der Waals surface area contributed by atoms with E-state index in [-0.39, 0.29) is 18.2 Å². The molecular formula is C20H20N2O5. The molecule has 0 bridgehead atoms. The van der Waals surface area contributed by atoms with Crippen LogP contribution in [0.25, 0.3) is 10.9 Å². The summed E-state index contributed by atoms with van der Waals surface area (Å²) in [5.41, 5.74) is 2.40. The SMILES string of the molecule is COC(=O)[C@H](Cc1ccc(O)cc1C)Nc1nc2cccc(C)c2c(=O)o1. The number of hydrogen-bond acceptors (Lipinski definition) is 7. The molecule has 140 valence electrons. The molecule has 0 saturated carbocycles. The highest BCUT2D eigenvalue weighted by Crippen LogP contribution is 2.20. The maximum atomic E-state index is 12.3. The Kier molecular flexibility index (Phi) is 5.12. The van der Waals surface area contributed by atoms with Gasteiger partial charge in [-0.1, -0.05) is 18.2 Å². The van der Waals surface area contributed by atoms with Crippen LogP contribution in [-0.2, 0) is 16.0 Å². The van der Waals surface area contributed by atoms with Crippen molar-refractivity contribution in [2.45, 2.75) is 26.3 Å². The topological polar surface area (TPSA) is 102 Å². The first-order valence-corrected chi connectivity index (χ1v) is 8.42. The van der Waals surface area contributed by atoms with Gasteiger partial charge in [-0.2, -0.15) is 4.98 Å². The third-order valence-electron chi connectivity index (χ3n) is 4.40. The Morgan fingerprint density at radius 3 is 2.74 bits per heavy atom. The molecule has 0 radical (unpaired) electrons. The maximum Gasteiger partial charge on any atom is 0.348 e. The second-order valence-electron chi connectivity index (χ2n) is 6.31. The highest BCUT2D eigenvalue weighted by atomic mass is 16.5. The molecule has 0 saturated heterocycles. The van der Waals surface area contributed by atoms with Crippen molar-refractivity contribution in [3.05, 3.63) is 63.5 Å². The zero-order chi connectivity index (χ0) is 19.6. The van der Waals surface area contributed by atoms with E-state index < -0.39 is 17.6 Å². The number of aromatic hydroxyl groups is 1. The van der Waals surface area contributed by atoms with Gasteiger partial charge in [0.05, 0.1) is 18.0 Å². The second kappa shape index (κ2) is 7.49. The average Bonchev–Trinajstić information content (AvgIpc) is 2.62. The van der Waals surface area contributed by atoms with Crippen molar-refractivity contribution in [2.24, 2.45) is 0 Å². The summed E-state index contributed by atoms with van der Waals surface area (Å²) in [7, 11) is 1.29. The van der Waals surface area contributed by atoms with Crippen LogP contribution in [-0.4, -0.2) is 29.2 Å². The number of carbonyl (C=O) groups is 1. The number of hydrogen-bond donors (Lipinski definition) is 2. The number of nitrogens with one attached hydrogen (secondary N) is 1. The number of methoxy groups -OCH3 is 1. The van der Waals surface area contributed by atoms with Crippen molar-refractivity contribution in [3.63, 3.8) is 0 Å². The van der Waals surface area contributed by atoms with Crippen molar-refractivity contribution < 1.29 is 19.1 Å². The summed E-state index contributed by atoms with van der Waals surface area (Å²) in [6, 6.07) is 9.34. The standard InChI is InChI=1S/C20H20N2O5/c1-11-5-4-6-15-17(11)19(25)27-20(21-15)22-16(18(24)26-3)10-13-7-8-14(23)9-12(13)2/h4-9,16,23H,10H2,1-3H3,(H,21,22)/t16-/m0/s1. The lowest BCUT2D eigenvalue weighted by Gasteiger charge is -2.17. The Hall–Kier alpha value is -3.35. The number of rotatable bonds is 5. The van der Waals surface area contributed by atoms with Crippen molar-refractivity contribution in [1.29, 1.82) is 0 Å². The molecule has 7 nitrogen and oxygen atoms in total. The number of phenols is 1. The summed E-state index contributed by atoms with van der Waals surface area (Å²) in [4.78, 5) is 28.8. The first kappa shape index (κ1) is 18.4. The lowest BCUT2D eigenvalue weighted by Crippen LogP contribution is -2.33. The summed E-state index contributed by atoms with van der Waals surface area (Å²) in [6.45, 7) is 3.64. The minimum Gasteiger partial charge on any atom is -0.508 e. The molecule has 0 aliphatic rings. The fourth-order valence-electron chi connectivity index (χ4n) is 2.96. The van der Waals surface area contributed by atoms with E-state index in [1.165, 1.54) is 7.11 Å². The largest absolute Gasteiger partial charge is 0.508 e. The van der Waals surface area contributed by atoms with Gasteiger partial charge in [0, 0.05) is 6.42 Å². The minimum atomic E-state index is -0.809. The molecule has 1 atom stereocenters. The lowest BCUT2D eigenvalue weighted by molar-refractivity contribution is -0.141. The minimum absolute atomic E-state index is 0.0510. The molecule has 27 heavy (non-hydrogen) atoms. The smallest absolute Gasteiger partial charge is 0.348 e. The highest BCUT2D eigenvalue weighted by molar-refractivity contribution is 5.82. The van der Waals surface area contributed by atoms with Gasteiger partial charge in [0.15, 0.2) is 0 Å². The number of aryl methyl sites for hydroxylation is 2. The van der Waals surface area contributed by atoms with E-state index in [1.54, 1.807) is 43.3 Å². The van der Waals surface area contributed by atoms with Crippen LogP contribution >= 0.6 is 0 Å². The summed E-state index contributed by atoms with van der Waals surface area (Å²) in [6.07, 6.45) is 0.274. The van der Waals surface area contributed by atoms with Crippen LogP contribution in [0.4, 0.5) is 6.01 Å². The number of fused-ring (bicyclic) bond motifs is 1. The molecule has 0 spiro atoms. The second-order valence-corrected chi connectivity index (χ2v) is 6.31. The van der Waals surface area contributed by atoms with Gasteiger partial charge in [0.25, 0.3) is 6.01 Å². The van der Waals surface area contributed by atoms with Gasteiger partial charge in [0.1, 0.15) is 11.8 Å². The molecule has 0 aliphatic carbocycles. The van der Waals surface area contributed by atoms with Gasteiger partial charge < -0.3 is 19.6 Å². The Labute approximate surface area is 155 Å². The van der Waals surface area contributed by atoms with Crippen LogP contribution in [0.2, 0.25) is 0 Å². The van der Waals surface area contributed by atoms with Gasteiger partial charge in [-0.05, 0) is 48.7 Å². The zero-order valence-electron chi connectivity index (χ0n) is 15.3. The van der Waals surface area contributed by atoms with Crippen LogP contribution in [0.15, 0.2) is 45.6 Å². The molecule has 1 aromatic heterocycles. The summed E-state index contributed by atoms with van der Waals surface area (Å²) in [5.74, 6) is -0.368. The normalized spacial score (nSPS) is 12.0. The van der Waals surface area contributed by atoms with Crippen LogP contribution in [0, 0.1) is 13.8 Å². The number of phenolic OH excluding ortho intramolecular Hbond substituents is 1. The molecule has 3 aromatic rings. The molecule has 0 amide bonds. The van der Waals surface area contributed by atoms with E-state index in [1.807, 2.05) is 6.92 Å². The van der Waals surface area contributed by atoms with Gasteiger partial charge in [-0.15, -0.1) is 0 Å². The lowest BCUT2D eigenvalue weighted by atomic mass is 10.0. The number of nitrogens with zero attached hydrogens (tertiary/aromatic N) is 1. The van der Waals surface area contributed by atoms with Crippen molar-refractivity contribution in [3.8, 4) is 5.75 Å². The number of ether oxygens (including phenoxy) is 1. The summed E-state index contributed by atoms with van der Waals surface area (Å²) in [5, 5.41) is 12.8. The third kappa shape index (κ3) is 3.92. The quantitative estimate of drug-likeness (QED) is 0.668. The first-order valence-electron chi connectivity index (χ1n) is 8.42. The van der Waals surface area contributed by atoms with E-state index in [0.29, 0.717) is 10.9 Å². The molecule has 3 rings (SSSR count). The Morgan fingerprint density at radius 2 is 2.04 bits per heavy atom. The molecule has 2 N–H and O–H groups in total. The summed E-state index contributed by atoms with van der Waals surface area (Å²) >= 11 is 0. The number of anilines is 1. The van der Waals surface area contributed by atoms with Crippen molar-refractivity contribution >= 4 is 22.9 Å². The monoisotopic (exact) mass is 368 g/mol. The Morgan fingerprint density at radius 1 is 1.26 bits per heavy atom.